The first kappa shape index (κ1) is 12.0. The van der Waals surface area contributed by atoms with Gasteiger partial charge in [-0.1, -0.05) is 48.9 Å². The van der Waals surface area contributed by atoms with Crippen LogP contribution in [0, 0.1) is 5.92 Å². The molecule has 0 amide bonds. The second-order valence-electron chi connectivity index (χ2n) is 4.38. The van der Waals surface area contributed by atoms with Crippen molar-refractivity contribution in [1.82, 2.24) is 0 Å². The lowest BCUT2D eigenvalue weighted by molar-refractivity contribution is 0.155. The normalized spacial score (nSPS) is 14.4. The number of hydrogen-bond acceptors (Lipinski definition) is 1. The van der Waals surface area contributed by atoms with Crippen LogP contribution in [0.5, 0.6) is 0 Å². The topological polar surface area (TPSA) is 20.2 Å². The van der Waals surface area contributed by atoms with E-state index < -0.39 is 0 Å². The van der Waals surface area contributed by atoms with E-state index in [2.05, 4.69) is 26.8 Å². The maximum Gasteiger partial charge on any atom is 0.0795 e. The Morgan fingerprint density at radius 2 is 1.87 bits per heavy atom. The second kappa shape index (κ2) is 5.72. The van der Waals surface area contributed by atoms with Gasteiger partial charge in [0.1, 0.15) is 0 Å². The molecule has 0 aliphatic heterocycles. The Hall–Kier alpha value is -1.08. The number of aliphatic hydroxyl groups excluding tert-OH is 1. The lowest BCUT2D eigenvalue weighted by Crippen LogP contribution is -2.02. The fraction of sp³-hybridized carbons (Fsp3) is 0.429. The van der Waals surface area contributed by atoms with E-state index in [1.807, 2.05) is 30.3 Å². The molecule has 1 N–H and O–H groups in total. The molecule has 1 rings (SSSR count). The Labute approximate surface area is 92.5 Å². The van der Waals surface area contributed by atoms with Crippen LogP contribution < -0.4 is 0 Å². The summed E-state index contributed by atoms with van der Waals surface area (Å²) in [6, 6.07) is 9.84. The van der Waals surface area contributed by atoms with Gasteiger partial charge < -0.3 is 5.11 Å². The molecular formula is C14H20O. The van der Waals surface area contributed by atoms with Gasteiger partial charge in [0.05, 0.1) is 6.10 Å². The molecule has 2 unspecified atom stereocenters. The fourth-order valence-corrected chi connectivity index (χ4v) is 1.80. The number of hydrogen-bond donors (Lipinski definition) is 1. The van der Waals surface area contributed by atoms with Crippen molar-refractivity contribution in [1.29, 1.82) is 0 Å². The minimum absolute atomic E-state index is 0.350. The van der Waals surface area contributed by atoms with E-state index in [-0.39, 0.29) is 6.10 Å². The minimum atomic E-state index is -0.350. The van der Waals surface area contributed by atoms with E-state index in [0.717, 1.165) is 12.0 Å². The summed E-state index contributed by atoms with van der Waals surface area (Å²) < 4.78 is 0. The molecule has 1 heteroatoms. The van der Waals surface area contributed by atoms with Crippen molar-refractivity contribution in [3.8, 4) is 0 Å². The molecule has 0 spiro atoms. The maximum atomic E-state index is 9.97. The number of rotatable bonds is 4. The van der Waals surface area contributed by atoms with Gasteiger partial charge in [-0.2, -0.15) is 0 Å². The highest BCUT2D eigenvalue weighted by Gasteiger charge is 2.09. The van der Waals surface area contributed by atoms with E-state index in [0.29, 0.717) is 5.92 Å². The molecule has 15 heavy (non-hydrogen) atoms. The summed E-state index contributed by atoms with van der Waals surface area (Å²) in [5.74, 6) is 0.421. The van der Waals surface area contributed by atoms with Gasteiger partial charge in [0.25, 0.3) is 0 Å². The predicted molar refractivity (Wildman–Crippen MR) is 64.6 cm³/mol. The molecule has 2 atom stereocenters. The third-order valence-electron chi connectivity index (χ3n) is 2.40. The zero-order valence-electron chi connectivity index (χ0n) is 9.77. The van der Waals surface area contributed by atoms with Crippen molar-refractivity contribution in [2.75, 3.05) is 0 Å². The van der Waals surface area contributed by atoms with Crippen LogP contribution in [0.1, 0.15) is 38.9 Å². The van der Waals surface area contributed by atoms with Crippen molar-refractivity contribution < 1.29 is 5.11 Å². The monoisotopic (exact) mass is 204 g/mol. The van der Waals surface area contributed by atoms with Gasteiger partial charge in [0, 0.05) is 0 Å². The summed E-state index contributed by atoms with van der Waals surface area (Å²) in [4.78, 5) is 0. The van der Waals surface area contributed by atoms with Crippen LogP contribution in [0.4, 0.5) is 0 Å². The van der Waals surface area contributed by atoms with Crippen LogP contribution in [0.15, 0.2) is 42.0 Å². The van der Waals surface area contributed by atoms with Crippen LogP contribution >= 0.6 is 0 Å². The zero-order chi connectivity index (χ0) is 11.3. The SMILES string of the molecule is CC(C)=CC(C)CC(O)c1ccccc1. The average molecular weight is 204 g/mol. The highest BCUT2D eigenvalue weighted by Crippen LogP contribution is 2.22. The van der Waals surface area contributed by atoms with Gasteiger partial charge in [-0.15, -0.1) is 0 Å². The Morgan fingerprint density at radius 1 is 1.27 bits per heavy atom. The predicted octanol–water partition coefficient (Wildman–Crippen LogP) is 3.71. The van der Waals surface area contributed by atoms with E-state index in [4.69, 9.17) is 0 Å². The number of benzene rings is 1. The van der Waals surface area contributed by atoms with E-state index >= 15 is 0 Å². The first-order valence-electron chi connectivity index (χ1n) is 5.47. The van der Waals surface area contributed by atoms with Crippen molar-refractivity contribution >= 4 is 0 Å². The van der Waals surface area contributed by atoms with Crippen molar-refractivity contribution in [2.24, 2.45) is 5.92 Å². The molecule has 0 saturated heterocycles. The lowest BCUT2D eigenvalue weighted by atomic mass is 9.97. The summed E-state index contributed by atoms with van der Waals surface area (Å²) in [7, 11) is 0. The Morgan fingerprint density at radius 3 is 2.40 bits per heavy atom. The standard InChI is InChI=1S/C14H20O/c1-11(2)9-12(3)10-14(15)13-7-5-4-6-8-13/h4-9,12,14-15H,10H2,1-3H3. The van der Waals surface area contributed by atoms with Gasteiger partial charge in [0.15, 0.2) is 0 Å². The van der Waals surface area contributed by atoms with E-state index in [1.54, 1.807) is 0 Å². The summed E-state index contributed by atoms with van der Waals surface area (Å²) in [6.07, 6.45) is 2.64. The lowest BCUT2D eigenvalue weighted by Gasteiger charge is -2.14. The van der Waals surface area contributed by atoms with Gasteiger partial charge in [-0.05, 0) is 31.7 Å². The van der Waals surface area contributed by atoms with Gasteiger partial charge in [-0.3, -0.25) is 0 Å². The highest BCUT2D eigenvalue weighted by molar-refractivity contribution is 5.17. The first-order chi connectivity index (χ1) is 7.09. The third kappa shape index (κ3) is 4.30. The molecule has 0 aliphatic rings. The van der Waals surface area contributed by atoms with Crippen LogP contribution in [0.2, 0.25) is 0 Å². The van der Waals surface area contributed by atoms with Crippen LogP contribution in [-0.2, 0) is 0 Å². The molecule has 0 aliphatic carbocycles. The highest BCUT2D eigenvalue weighted by atomic mass is 16.3. The third-order valence-corrected chi connectivity index (χ3v) is 2.40. The second-order valence-corrected chi connectivity index (χ2v) is 4.38. The summed E-state index contributed by atoms with van der Waals surface area (Å²) in [5.41, 5.74) is 2.31. The molecule has 0 bridgehead atoms. The fourth-order valence-electron chi connectivity index (χ4n) is 1.80. The Bertz CT molecular complexity index is 309. The Balaban J connectivity index is 2.56. The van der Waals surface area contributed by atoms with Crippen LogP contribution in [-0.4, -0.2) is 5.11 Å². The van der Waals surface area contributed by atoms with Crippen LogP contribution in [0.25, 0.3) is 0 Å². The Kier molecular flexibility index (Phi) is 4.57. The molecule has 0 saturated carbocycles. The molecule has 0 radical (unpaired) electrons. The van der Waals surface area contributed by atoms with Crippen molar-refractivity contribution in [3.05, 3.63) is 47.5 Å². The van der Waals surface area contributed by atoms with E-state index in [1.165, 1.54) is 5.57 Å². The summed E-state index contributed by atoms with van der Waals surface area (Å²) >= 11 is 0. The number of aliphatic hydroxyl groups is 1. The van der Waals surface area contributed by atoms with E-state index in [9.17, 15) is 5.11 Å². The summed E-state index contributed by atoms with van der Waals surface area (Å²) in [5, 5.41) is 9.97. The van der Waals surface area contributed by atoms with Crippen LogP contribution in [0.3, 0.4) is 0 Å². The van der Waals surface area contributed by atoms with Crippen molar-refractivity contribution in [3.63, 3.8) is 0 Å². The molecule has 1 nitrogen and oxygen atoms in total. The quantitative estimate of drug-likeness (QED) is 0.741. The molecule has 1 aromatic rings. The molecule has 0 aromatic heterocycles. The molecule has 1 aromatic carbocycles. The van der Waals surface area contributed by atoms with Gasteiger partial charge in [0.2, 0.25) is 0 Å². The molecule has 0 heterocycles. The molecular weight excluding hydrogens is 184 g/mol. The minimum Gasteiger partial charge on any atom is -0.388 e. The molecule has 82 valence electrons. The van der Waals surface area contributed by atoms with Gasteiger partial charge >= 0.3 is 0 Å². The number of allylic oxidation sites excluding steroid dienone is 2. The average Bonchev–Trinajstić information content (AvgIpc) is 2.17. The molecule has 0 fully saturated rings. The largest absolute Gasteiger partial charge is 0.388 e. The van der Waals surface area contributed by atoms with Crippen molar-refractivity contribution in [2.45, 2.75) is 33.3 Å². The smallest absolute Gasteiger partial charge is 0.0795 e. The summed E-state index contributed by atoms with van der Waals surface area (Å²) in [6.45, 7) is 6.32. The van der Waals surface area contributed by atoms with Gasteiger partial charge in [-0.25, -0.2) is 0 Å². The maximum absolute atomic E-state index is 9.97. The zero-order valence-corrected chi connectivity index (χ0v) is 9.77. The first-order valence-corrected chi connectivity index (χ1v) is 5.47.